The van der Waals surface area contributed by atoms with E-state index >= 15 is 0 Å². The van der Waals surface area contributed by atoms with Gasteiger partial charge in [0.2, 0.25) is 5.95 Å². The molecule has 1 aromatic heterocycles. The van der Waals surface area contributed by atoms with Gasteiger partial charge in [0.25, 0.3) is 0 Å². The normalized spacial score (nSPS) is 10.3. The van der Waals surface area contributed by atoms with Crippen LogP contribution in [0.2, 0.25) is 0 Å². The molecule has 0 fully saturated rings. The fraction of sp³-hybridized carbons (Fsp3) is 0.400. The van der Waals surface area contributed by atoms with Crippen LogP contribution in [0.3, 0.4) is 0 Å². The van der Waals surface area contributed by atoms with Gasteiger partial charge >= 0.3 is 0 Å². The molecular weight excluding hydrogens is 282 g/mol. The number of rotatable bonds is 9. The molecule has 7 nitrogen and oxygen atoms in total. The van der Waals surface area contributed by atoms with Crippen molar-refractivity contribution in [1.29, 1.82) is 0 Å². The van der Waals surface area contributed by atoms with Crippen molar-refractivity contribution >= 4 is 5.95 Å². The second kappa shape index (κ2) is 8.02. The summed E-state index contributed by atoms with van der Waals surface area (Å²) in [6.45, 7) is 9.92. The maximum Gasteiger partial charge on any atom is 0.243 e. The van der Waals surface area contributed by atoms with Crippen molar-refractivity contribution in [3.8, 4) is 11.5 Å². The summed E-state index contributed by atoms with van der Waals surface area (Å²) in [6, 6.07) is 5.86. The van der Waals surface area contributed by atoms with Crippen LogP contribution in [0.1, 0.15) is 19.4 Å². The second-order valence-corrected chi connectivity index (χ2v) is 4.47. The predicted octanol–water partition coefficient (Wildman–Crippen LogP) is 2.27. The van der Waals surface area contributed by atoms with Gasteiger partial charge in [-0.2, -0.15) is 0 Å². The lowest BCUT2D eigenvalue weighted by Crippen LogP contribution is -2.08. The molecule has 0 radical (unpaired) electrons. The molecule has 1 aromatic carbocycles. The van der Waals surface area contributed by atoms with E-state index in [0.29, 0.717) is 32.3 Å². The maximum atomic E-state index is 5.62. The molecule has 2 aromatic rings. The van der Waals surface area contributed by atoms with Crippen LogP contribution in [0.4, 0.5) is 5.95 Å². The molecule has 0 aliphatic carbocycles. The molecular formula is C15H21N5O2. The van der Waals surface area contributed by atoms with Crippen LogP contribution in [0.25, 0.3) is 0 Å². The predicted molar refractivity (Wildman–Crippen MR) is 84.1 cm³/mol. The second-order valence-electron chi connectivity index (χ2n) is 4.47. The number of anilines is 1. The molecule has 0 spiro atoms. The van der Waals surface area contributed by atoms with Crippen molar-refractivity contribution in [3.63, 3.8) is 0 Å². The highest BCUT2D eigenvalue weighted by molar-refractivity contribution is 5.44. The van der Waals surface area contributed by atoms with Gasteiger partial charge in [-0.3, -0.25) is 0 Å². The number of benzene rings is 1. The lowest BCUT2D eigenvalue weighted by Gasteiger charge is -2.13. The summed E-state index contributed by atoms with van der Waals surface area (Å²) in [4.78, 5) is 0. The van der Waals surface area contributed by atoms with Crippen molar-refractivity contribution in [2.45, 2.75) is 26.9 Å². The molecule has 0 aliphatic rings. The monoisotopic (exact) mass is 303 g/mol. The quantitative estimate of drug-likeness (QED) is 0.716. The van der Waals surface area contributed by atoms with E-state index in [1.807, 2.05) is 32.0 Å². The molecule has 118 valence electrons. The van der Waals surface area contributed by atoms with Crippen molar-refractivity contribution in [3.05, 3.63) is 36.4 Å². The molecule has 0 saturated carbocycles. The van der Waals surface area contributed by atoms with Crippen LogP contribution in [-0.2, 0) is 13.1 Å². The number of ether oxygens (including phenoxy) is 2. The molecule has 7 heteroatoms. The lowest BCUT2D eigenvalue weighted by atomic mass is 10.2. The summed E-state index contributed by atoms with van der Waals surface area (Å²) in [7, 11) is 0. The molecule has 0 amide bonds. The Morgan fingerprint density at radius 2 is 2.00 bits per heavy atom. The molecule has 0 aliphatic heterocycles. The molecule has 0 unspecified atom stereocenters. The third kappa shape index (κ3) is 3.97. The van der Waals surface area contributed by atoms with Crippen molar-refractivity contribution in [1.82, 2.24) is 20.2 Å². The van der Waals surface area contributed by atoms with Crippen molar-refractivity contribution in [2.24, 2.45) is 0 Å². The zero-order valence-electron chi connectivity index (χ0n) is 13.0. The number of nitrogens with one attached hydrogen (secondary N) is 1. The first-order valence-electron chi connectivity index (χ1n) is 7.27. The van der Waals surface area contributed by atoms with Gasteiger partial charge in [-0.25, -0.2) is 4.68 Å². The van der Waals surface area contributed by atoms with E-state index in [1.165, 1.54) is 0 Å². The highest BCUT2D eigenvalue weighted by Crippen LogP contribution is 2.28. The molecule has 22 heavy (non-hydrogen) atoms. The minimum atomic E-state index is 0.558. The minimum absolute atomic E-state index is 0.558. The Kier molecular flexibility index (Phi) is 5.76. The van der Waals surface area contributed by atoms with Crippen LogP contribution in [0.15, 0.2) is 30.9 Å². The zero-order valence-corrected chi connectivity index (χ0v) is 13.0. The summed E-state index contributed by atoms with van der Waals surface area (Å²) in [5.41, 5.74) is 1.06. The van der Waals surface area contributed by atoms with Crippen LogP contribution in [-0.4, -0.2) is 33.4 Å². The van der Waals surface area contributed by atoms with Crippen LogP contribution in [0.5, 0.6) is 11.5 Å². The Hall–Kier alpha value is -2.57. The summed E-state index contributed by atoms with van der Waals surface area (Å²) in [5.74, 6) is 2.10. The highest BCUT2D eigenvalue weighted by Gasteiger charge is 2.08. The largest absolute Gasteiger partial charge is 0.490 e. The van der Waals surface area contributed by atoms with Gasteiger partial charge in [-0.05, 0) is 42.0 Å². The van der Waals surface area contributed by atoms with E-state index in [0.717, 1.165) is 17.1 Å². The van der Waals surface area contributed by atoms with Crippen LogP contribution in [0, 0.1) is 0 Å². The van der Waals surface area contributed by atoms with Gasteiger partial charge in [-0.1, -0.05) is 17.2 Å². The maximum absolute atomic E-state index is 5.62. The fourth-order valence-corrected chi connectivity index (χ4v) is 1.96. The van der Waals surface area contributed by atoms with E-state index in [9.17, 15) is 0 Å². The topological polar surface area (TPSA) is 74.1 Å². The standard InChI is InChI=1S/C15H21N5O2/c1-4-9-20-15(17-18-19-20)16-11-12-7-8-13(21-5-2)14(10-12)22-6-3/h4,7-8,10H,1,5-6,9,11H2,2-3H3,(H,16,17,19). The van der Waals surface area contributed by atoms with E-state index in [1.54, 1.807) is 10.8 Å². The highest BCUT2D eigenvalue weighted by atomic mass is 16.5. The number of tetrazole rings is 1. The number of allylic oxidation sites excluding steroid dienone is 1. The SMILES string of the molecule is C=CCn1nnnc1NCc1ccc(OCC)c(OCC)c1. The van der Waals surface area contributed by atoms with Crippen molar-refractivity contribution in [2.75, 3.05) is 18.5 Å². The third-order valence-electron chi connectivity index (χ3n) is 2.89. The van der Waals surface area contributed by atoms with Crippen molar-refractivity contribution < 1.29 is 9.47 Å². The van der Waals surface area contributed by atoms with E-state index in [-0.39, 0.29) is 0 Å². The third-order valence-corrected chi connectivity index (χ3v) is 2.89. The summed E-state index contributed by atoms with van der Waals surface area (Å²) < 4.78 is 12.8. The smallest absolute Gasteiger partial charge is 0.243 e. The Bertz CT molecular complexity index is 612. The fourth-order valence-electron chi connectivity index (χ4n) is 1.96. The average molecular weight is 303 g/mol. The van der Waals surface area contributed by atoms with Crippen LogP contribution < -0.4 is 14.8 Å². The Morgan fingerprint density at radius 1 is 1.23 bits per heavy atom. The van der Waals surface area contributed by atoms with Crippen LogP contribution >= 0.6 is 0 Å². The summed E-state index contributed by atoms with van der Waals surface area (Å²) in [5, 5.41) is 14.7. The first kappa shape index (κ1) is 15.8. The van der Waals surface area contributed by atoms with E-state index < -0.39 is 0 Å². The molecule has 1 heterocycles. The number of hydrogen-bond donors (Lipinski definition) is 1. The first-order valence-corrected chi connectivity index (χ1v) is 7.27. The Morgan fingerprint density at radius 3 is 2.73 bits per heavy atom. The number of nitrogens with zero attached hydrogens (tertiary/aromatic N) is 4. The summed E-state index contributed by atoms with van der Waals surface area (Å²) in [6.07, 6.45) is 1.74. The van der Waals surface area contributed by atoms with Gasteiger partial charge < -0.3 is 14.8 Å². The molecule has 0 bridgehead atoms. The number of hydrogen-bond acceptors (Lipinski definition) is 6. The van der Waals surface area contributed by atoms with Gasteiger partial charge in [-0.15, -0.1) is 6.58 Å². The van der Waals surface area contributed by atoms with Gasteiger partial charge in [0.05, 0.1) is 19.8 Å². The number of aromatic nitrogens is 4. The Labute approximate surface area is 129 Å². The Balaban J connectivity index is 2.07. The molecule has 0 atom stereocenters. The summed E-state index contributed by atoms with van der Waals surface area (Å²) >= 11 is 0. The van der Waals surface area contributed by atoms with E-state index in [2.05, 4.69) is 27.4 Å². The zero-order chi connectivity index (χ0) is 15.8. The van der Waals surface area contributed by atoms with Gasteiger partial charge in [0.1, 0.15) is 0 Å². The van der Waals surface area contributed by atoms with Gasteiger partial charge in [0, 0.05) is 6.54 Å². The van der Waals surface area contributed by atoms with Gasteiger partial charge in [0.15, 0.2) is 11.5 Å². The molecule has 0 saturated heterocycles. The molecule has 1 N–H and O–H groups in total. The molecule has 2 rings (SSSR count). The average Bonchev–Trinajstić information content (AvgIpc) is 2.96. The minimum Gasteiger partial charge on any atom is -0.490 e. The lowest BCUT2D eigenvalue weighted by molar-refractivity contribution is 0.287. The van der Waals surface area contributed by atoms with E-state index in [4.69, 9.17) is 9.47 Å². The first-order chi connectivity index (χ1) is 10.8.